The third-order valence-corrected chi connectivity index (χ3v) is 1.27. The molecule has 0 aliphatic rings. The van der Waals surface area contributed by atoms with Gasteiger partial charge in [0.2, 0.25) is 0 Å². The second-order valence-electron chi connectivity index (χ2n) is 1.95. The molecule has 0 aromatic carbocycles. The van der Waals surface area contributed by atoms with E-state index in [4.69, 9.17) is 0 Å². The highest BCUT2D eigenvalue weighted by Crippen LogP contribution is 1.94. The first-order valence-corrected chi connectivity index (χ1v) is 3.59. The Morgan fingerprint density at radius 1 is 1.25 bits per heavy atom. The molecule has 0 bridgehead atoms. The Morgan fingerprint density at radius 3 is 2.17 bits per heavy atom. The first-order chi connectivity index (χ1) is 5.79. The standard InChI is InChI=1S/C10H14N2/c1-5-8-9-10(11-4)12(6-2)7-3/h5-9H,1-3H2,4H3/b9-8-,11-10-. The van der Waals surface area contributed by atoms with Crippen LogP contribution in [0, 0.1) is 0 Å². The van der Waals surface area contributed by atoms with Gasteiger partial charge >= 0.3 is 0 Å². The molecule has 0 rings (SSSR count). The summed E-state index contributed by atoms with van der Waals surface area (Å²) in [6, 6.07) is 0. The zero-order chi connectivity index (χ0) is 9.40. The van der Waals surface area contributed by atoms with Crippen molar-refractivity contribution in [3.63, 3.8) is 0 Å². The summed E-state index contributed by atoms with van der Waals surface area (Å²) in [6.45, 7) is 10.8. The third kappa shape index (κ3) is 3.01. The van der Waals surface area contributed by atoms with Crippen LogP contribution in [0.1, 0.15) is 0 Å². The van der Waals surface area contributed by atoms with Crippen LogP contribution in [0.3, 0.4) is 0 Å². The molecule has 12 heavy (non-hydrogen) atoms. The Balaban J connectivity index is 4.53. The SMILES string of the molecule is C=C/C=C\C(=N\C)N(C=C)C=C. The number of rotatable bonds is 4. The van der Waals surface area contributed by atoms with E-state index < -0.39 is 0 Å². The second kappa shape index (κ2) is 6.16. The van der Waals surface area contributed by atoms with E-state index >= 15 is 0 Å². The molecule has 0 aliphatic carbocycles. The van der Waals surface area contributed by atoms with Crippen LogP contribution in [0.15, 0.2) is 55.4 Å². The molecule has 0 spiro atoms. The molecule has 0 saturated carbocycles. The summed E-state index contributed by atoms with van der Waals surface area (Å²) in [5.41, 5.74) is 0. The molecule has 0 aliphatic heterocycles. The van der Waals surface area contributed by atoms with Gasteiger partial charge in [0.25, 0.3) is 0 Å². The summed E-state index contributed by atoms with van der Waals surface area (Å²) in [5.74, 6) is 0.778. The van der Waals surface area contributed by atoms with E-state index in [0.29, 0.717) is 0 Å². The van der Waals surface area contributed by atoms with E-state index in [1.165, 1.54) is 0 Å². The minimum Gasteiger partial charge on any atom is -0.310 e. The van der Waals surface area contributed by atoms with Gasteiger partial charge in [-0.05, 0) is 6.08 Å². The molecular weight excluding hydrogens is 148 g/mol. The molecule has 0 atom stereocenters. The van der Waals surface area contributed by atoms with Crippen molar-refractivity contribution >= 4 is 5.84 Å². The van der Waals surface area contributed by atoms with Crippen molar-refractivity contribution in [3.05, 3.63) is 50.4 Å². The van der Waals surface area contributed by atoms with Gasteiger partial charge in [0, 0.05) is 19.4 Å². The lowest BCUT2D eigenvalue weighted by Crippen LogP contribution is -2.16. The maximum Gasteiger partial charge on any atom is 0.131 e. The molecule has 0 saturated heterocycles. The normalized spacial score (nSPS) is 11.2. The summed E-state index contributed by atoms with van der Waals surface area (Å²) in [7, 11) is 1.71. The van der Waals surface area contributed by atoms with E-state index in [1.807, 2.05) is 12.2 Å². The first kappa shape index (κ1) is 10.4. The predicted octanol–water partition coefficient (Wildman–Crippen LogP) is 2.35. The van der Waals surface area contributed by atoms with Crippen LogP contribution in [0.25, 0.3) is 0 Å². The molecule has 0 radical (unpaired) electrons. The molecule has 0 unspecified atom stereocenters. The Morgan fingerprint density at radius 2 is 1.83 bits per heavy atom. The average molecular weight is 162 g/mol. The first-order valence-electron chi connectivity index (χ1n) is 3.59. The molecule has 0 aromatic heterocycles. The maximum atomic E-state index is 4.03. The largest absolute Gasteiger partial charge is 0.310 e. The number of nitrogens with zero attached hydrogens (tertiary/aromatic N) is 2. The zero-order valence-electron chi connectivity index (χ0n) is 7.40. The lowest BCUT2D eigenvalue weighted by molar-refractivity contribution is 0.767. The van der Waals surface area contributed by atoms with Crippen molar-refractivity contribution in [2.75, 3.05) is 7.05 Å². The minimum absolute atomic E-state index is 0.778. The highest BCUT2D eigenvalue weighted by molar-refractivity contribution is 5.94. The monoisotopic (exact) mass is 162 g/mol. The van der Waals surface area contributed by atoms with Gasteiger partial charge in [0.1, 0.15) is 5.84 Å². The van der Waals surface area contributed by atoms with E-state index in [-0.39, 0.29) is 0 Å². The van der Waals surface area contributed by atoms with Crippen LogP contribution >= 0.6 is 0 Å². The summed E-state index contributed by atoms with van der Waals surface area (Å²) >= 11 is 0. The lowest BCUT2D eigenvalue weighted by atomic mass is 10.4. The maximum absolute atomic E-state index is 4.03. The second-order valence-corrected chi connectivity index (χ2v) is 1.95. The molecule has 0 heterocycles. The summed E-state index contributed by atoms with van der Waals surface area (Å²) in [5, 5.41) is 0. The summed E-state index contributed by atoms with van der Waals surface area (Å²) < 4.78 is 0. The van der Waals surface area contributed by atoms with Crippen molar-refractivity contribution < 1.29 is 0 Å². The van der Waals surface area contributed by atoms with Gasteiger partial charge in [-0.15, -0.1) is 0 Å². The van der Waals surface area contributed by atoms with Crippen molar-refractivity contribution in [1.82, 2.24) is 4.90 Å². The smallest absolute Gasteiger partial charge is 0.131 e. The number of aliphatic imine (C=N–C) groups is 1. The van der Waals surface area contributed by atoms with Crippen molar-refractivity contribution in [2.45, 2.75) is 0 Å². The fraction of sp³-hybridized carbons (Fsp3) is 0.100. The lowest BCUT2D eigenvalue weighted by Gasteiger charge is -2.12. The highest BCUT2D eigenvalue weighted by atomic mass is 15.1. The molecule has 2 nitrogen and oxygen atoms in total. The number of amidine groups is 1. The topological polar surface area (TPSA) is 15.6 Å². The van der Waals surface area contributed by atoms with E-state index in [9.17, 15) is 0 Å². The van der Waals surface area contributed by atoms with Gasteiger partial charge in [-0.1, -0.05) is 31.9 Å². The highest BCUT2D eigenvalue weighted by Gasteiger charge is 1.96. The number of allylic oxidation sites excluding steroid dienone is 2. The molecule has 64 valence electrons. The predicted molar refractivity (Wildman–Crippen MR) is 54.9 cm³/mol. The van der Waals surface area contributed by atoms with E-state index in [2.05, 4.69) is 24.7 Å². The van der Waals surface area contributed by atoms with Crippen LogP contribution < -0.4 is 0 Å². The van der Waals surface area contributed by atoms with Gasteiger partial charge in [0.05, 0.1) is 0 Å². The Kier molecular flexibility index (Phi) is 5.35. The van der Waals surface area contributed by atoms with Crippen molar-refractivity contribution in [1.29, 1.82) is 0 Å². The Labute approximate surface area is 73.9 Å². The molecule has 0 fully saturated rings. The van der Waals surface area contributed by atoms with Crippen LogP contribution in [0.5, 0.6) is 0 Å². The molecule has 2 heteroatoms. The molecule has 0 aromatic rings. The molecular formula is C10H14N2. The van der Waals surface area contributed by atoms with Crippen LogP contribution in [-0.4, -0.2) is 17.8 Å². The van der Waals surface area contributed by atoms with Crippen LogP contribution in [0.4, 0.5) is 0 Å². The number of hydrogen-bond donors (Lipinski definition) is 0. The van der Waals surface area contributed by atoms with Crippen LogP contribution in [0.2, 0.25) is 0 Å². The van der Waals surface area contributed by atoms with Crippen molar-refractivity contribution in [3.8, 4) is 0 Å². The molecule has 0 amide bonds. The van der Waals surface area contributed by atoms with Gasteiger partial charge < -0.3 is 4.90 Å². The van der Waals surface area contributed by atoms with Gasteiger partial charge in [-0.25, -0.2) is 0 Å². The average Bonchev–Trinajstić information content (AvgIpc) is 2.12. The molecule has 0 N–H and O–H groups in total. The number of hydrogen-bond acceptors (Lipinski definition) is 1. The van der Waals surface area contributed by atoms with Gasteiger partial charge in [-0.2, -0.15) is 0 Å². The van der Waals surface area contributed by atoms with E-state index in [0.717, 1.165) is 5.84 Å². The summed E-state index contributed by atoms with van der Waals surface area (Å²) in [6.07, 6.45) is 8.61. The Hall–Kier alpha value is -1.57. The summed E-state index contributed by atoms with van der Waals surface area (Å²) in [4.78, 5) is 5.76. The van der Waals surface area contributed by atoms with Crippen LogP contribution in [-0.2, 0) is 0 Å². The zero-order valence-corrected chi connectivity index (χ0v) is 7.40. The Bertz CT molecular complexity index is 216. The van der Waals surface area contributed by atoms with Crippen molar-refractivity contribution in [2.24, 2.45) is 4.99 Å². The quantitative estimate of drug-likeness (QED) is 0.352. The minimum atomic E-state index is 0.778. The third-order valence-electron chi connectivity index (χ3n) is 1.27. The van der Waals surface area contributed by atoms with Gasteiger partial charge in [-0.3, -0.25) is 4.99 Å². The van der Waals surface area contributed by atoms with Gasteiger partial charge in [0.15, 0.2) is 0 Å². The fourth-order valence-corrected chi connectivity index (χ4v) is 0.692. The fourth-order valence-electron chi connectivity index (χ4n) is 0.692. The van der Waals surface area contributed by atoms with E-state index in [1.54, 1.807) is 30.4 Å².